The molecule has 1 amide bonds. The molecule has 1 fully saturated rings. The summed E-state index contributed by atoms with van der Waals surface area (Å²) < 4.78 is 23.2. The molecule has 1 heterocycles. The van der Waals surface area contributed by atoms with Gasteiger partial charge in [-0.05, 0) is 66.6 Å². The van der Waals surface area contributed by atoms with Gasteiger partial charge in [-0.1, -0.05) is 18.2 Å². The Hall–Kier alpha value is -2.67. The number of nitrogens with zero attached hydrogens (tertiary/aromatic N) is 1. The van der Waals surface area contributed by atoms with Gasteiger partial charge in [-0.15, -0.1) is 0 Å². The Kier molecular flexibility index (Phi) is 4.73. The van der Waals surface area contributed by atoms with E-state index in [0.717, 1.165) is 29.5 Å². The Morgan fingerprint density at radius 3 is 2.48 bits per heavy atom. The summed E-state index contributed by atoms with van der Waals surface area (Å²) in [7, 11) is -3.23. The smallest absolute Gasteiger partial charge is 0.335 e. The average Bonchev–Trinajstić information content (AvgIpc) is 2.97. The molecule has 29 heavy (non-hydrogen) atoms. The van der Waals surface area contributed by atoms with Crippen molar-refractivity contribution in [3.05, 3.63) is 64.7 Å². The summed E-state index contributed by atoms with van der Waals surface area (Å²) in [6, 6.07) is 11.9. The maximum Gasteiger partial charge on any atom is 0.335 e. The highest BCUT2D eigenvalue weighted by molar-refractivity contribution is 7.90. The average molecular weight is 413 g/mol. The van der Waals surface area contributed by atoms with Gasteiger partial charge in [0.15, 0.2) is 9.84 Å². The molecule has 1 aliphatic heterocycles. The monoisotopic (exact) mass is 413 g/mol. The summed E-state index contributed by atoms with van der Waals surface area (Å²) in [4.78, 5) is 26.5. The van der Waals surface area contributed by atoms with Crippen molar-refractivity contribution in [1.29, 1.82) is 0 Å². The van der Waals surface area contributed by atoms with E-state index in [9.17, 15) is 23.1 Å². The van der Waals surface area contributed by atoms with Gasteiger partial charge in [0.25, 0.3) is 0 Å². The summed E-state index contributed by atoms with van der Waals surface area (Å²) in [5, 5.41) is 9.18. The van der Waals surface area contributed by atoms with Crippen molar-refractivity contribution in [1.82, 2.24) is 4.90 Å². The minimum absolute atomic E-state index is 0.137. The molecule has 0 bridgehead atoms. The first-order chi connectivity index (χ1) is 13.7. The van der Waals surface area contributed by atoms with Crippen molar-refractivity contribution in [2.75, 3.05) is 12.8 Å². The van der Waals surface area contributed by atoms with E-state index in [4.69, 9.17) is 0 Å². The lowest BCUT2D eigenvalue weighted by Gasteiger charge is -2.33. The largest absolute Gasteiger partial charge is 0.478 e. The van der Waals surface area contributed by atoms with Gasteiger partial charge in [0, 0.05) is 19.3 Å². The maximum atomic E-state index is 13.2. The van der Waals surface area contributed by atoms with Crippen LogP contribution in [0, 0.1) is 5.41 Å². The summed E-state index contributed by atoms with van der Waals surface area (Å²) >= 11 is 0. The number of aryl methyl sites for hydroxylation is 1. The third kappa shape index (κ3) is 3.67. The van der Waals surface area contributed by atoms with Crippen LogP contribution in [-0.2, 0) is 34.0 Å². The molecule has 4 rings (SSSR count). The number of carboxylic acid groups (broad SMARTS) is 1. The van der Waals surface area contributed by atoms with Crippen LogP contribution in [0.15, 0.2) is 47.4 Å². The van der Waals surface area contributed by atoms with Crippen LogP contribution in [0.4, 0.5) is 0 Å². The second kappa shape index (κ2) is 6.99. The summed E-state index contributed by atoms with van der Waals surface area (Å²) in [5.74, 6) is -0.796. The number of sulfone groups is 1. The maximum absolute atomic E-state index is 13.2. The molecule has 6 nitrogen and oxygen atoms in total. The topological polar surface area (TPSA) is 91.8 Å². The lowest BCUT2D eigenvalue weighted by molar-refractivity contribution is -0.137. The fourth-order valence-corrected chi connectivity index (χ4v) is 5.12. The van der Waals surface area contributed by atoms with Crippen molar-refractivity contribution in [2.24, 2.45) is 5.41 Å². The van der Waals surface area contributed by atoms with E-state index in [-0.39, 0.29) is 16.4 Å². The van der Waals surface area contributed by atoms with Gasteiger partial charge in [-0.25, -0.2) is 13.2 Å². The van der Waals surface area contributed by atoms with Crippen LogP contribution in [0.25, 0.3) is 0 Å². The molecule has 7 heteroatoms. The van der Waals surface area contributed by atoms with E-state index >= 15 is 0 Å². The van der Waals surface area contributed by atoms with Crippen LogP contribution < -0.4 is 0 Å². The van der Waals surface area contributed by atoms with Gasteiger partial charge in [-0.2, -0.15) is 0 Å². The van der Waals surface area contributed by atoms with Gasteiger partial charge in [0.05, 0.1) is 15.9 Å². The number of carbonyl (C=O) groups is 2. The first-order valence-electron chi connectivity index (χ1n) is 9.61. The van der Waals surface area contributed by atoms with E-state index in [0.29, 0.717) is 25.9 Å². The minimum Gasteiger partial charge on any atom is -0.478 e. The number of carboxylic acids is 1. The van der Waals surface area contributed by atoms with Crippen LogP contribution in [0.3, 0.4) is 0 Å². The lowest BCUT2D eigenvalue weighted by Crippen LogP contribution is -2.38. The molecular weight excluding hydrogens is 390 g/mol. The summed E-state index contributed by atoms with van der Waals surface area (Å²) in [5.41, 5.74) is 2.87. The van der Waals surface area contributed by atoms with E-state index in [1.165, 1.54) is 6.26 Å². The predicted molar refractivity (Wildman–Crippen MR) is 107 cm³/mol. The van der Waals surface area contributed by atoms with Crippen molar-refractivity contribution in [3.63, 3.8) is 0 Å². The molecule has 1 aliphatic carbocycles. The van der Waals surface area contributed by atoms with Gasteiger partial charge in [0.2, 0.25) is 5.91 Å². The van der Waals surface area contributed by atoms with Crippen LogP contribution >= 0.6 is 0 Å². The zero-order valence-corrected chi connectivity index (χ0v) is 17.0. The zero-order valence-electron chi connectivity index (χ0n) is 16.2. The van der Waals surface area contributed by atoms with Crippen LogP contribution in [0.2, 0.25) is 0 Å². The molecular formula is C22H23NO5S. The standard InChI is InChI=1S/C22H23NO5S/c1-29(27,28)19-6-2-15(3-7-19)14-23-11-10-22(21(23)26)9-8-16-12-17(20(24)25)4-5-18(16)13-22/h2-7,12H,8-11,13-14H2,1H3,(H,24,25)/t22-/m0/s1. The Balaban J connectivity index is 1.49. The molecule has 2 aromatic carbocycles. The molecule has 2 aliphatic rings. The highest BCUT2D eigenvalue weighted by Crippen LogP contribution is 2.44. The number of aromatic carboxylic acids is 1. The number of carbonyl (C=O) groups excluding carboxylic acids is 1. The van der Waals surface area contributed by atoms with Crippen LogP contribution in [0.1, 0.15) is 39.9 Å². The van der Waals surface area contributed by atoms with E-state index in [1.807, 2.05) is 11.0 Å². The summed E-state index contributed by atoms with van der Waals surface area (Å²) in [6.07, 6.45) is 4.04. The SMILES string of the molecule is CS(=O)(=O)c1ccc(CN2CC[C@]3(CCc4cc(C(=O)O)ccc4C3)C2=O)cc1. The van der Waals surface area contributed by atoms with Gasteiger partial charge >= 0.3 is 5.97 Å². The number of rotatable bonds is 4. The fourth-order valence-electron chi connectivity index (χ4n) is 4.49. The molecule has 0 saturated carbocycles. The molecule has 0 radical (unpaired) electrons. The van der Waals surface area contributed by atoms with Crippen LogP contribution in [0.5, 0.6) is 0 Å². The van der Waals surface area contributed by atoms with Gasteiger partial charge in [0.1, 0.15) is 0 Å². The van der Waals surface area contributed by atoms with Crippen molar-refractivity contribution in [2.45, 2.75) is 37.1 Å². The number of likely N-dealkylation sites (tertiary alicyclic amines) is 1. The second-order valence-corrected chi connectivity index (χ2v) is 10.2. The highest BCUT2D eigenvalue weighted by Gasteiger charge is 2.47. The number of benzene rings is 2. The van der Waals surface area contributed by atoms with Crippen LogP contribution in [-0.4, -0.2) is 43.1 Å². The zero-order chi connectivity index (χ0) is 20.8. The third-order valence-corrected chi connectivity index (χ3v) is 7.31. The summed E-state index contributed by atoms with van der Waals surface area (Å²) in [6.45, 7) is 1.14. The third-order valence-electron chi connectivity index (χ3n) is 6.18. The highest BCUT2D eigenvalue weighted by atomic mass is 32.2. The fraction of sp³-hybridized carbons (Fsp3) is 0.364. The molecule has 0 unspecified atom stereocenters. The lowest BCUT2D eigenvalue weighted by atomic mass is 9.70. The molecule has 152 valence electrons. The Morgan fingerprint density at radius 1 is 1.10 bits per heavy atom. The normalized spacial score (nSPS) is 21.4. The Morgan fingerprint density at radius 2 is 1.83 bits per heavy atom. The number of amides is 1. The second-order valence-electron chi connectivity index (χ2n) is 8.14. The molecule has 0 aromatic heterocycles. The van der Waals surface area contributed by atoms with Gasteiger partial charge < -0.3 is 10.0 Å². The molecule has 1 N–H and O–H groups in total. The van der Waals surface area contributed by atoms with E-state index in [1.54, 1.807) is 36.4 Å². The first kappa shape index (κ1) is 19.6. The molecule has 2 aromatic rings. The number of fused-ring (bicyclic) bond motifs is 1. The van der Waals surface area contributed by atoms with Crippen molar-refractivity contribution < 1.29 is 23.1 Å². The van der Waals surface area contributed by atoms with E-state index < -0.39 is 21.2 Å². The van der Waals surface area contributed by atoms with Crippen molar-refractivity contribution in [3.8, 4) is 0 Å². The van der Waals surface area contributed by atoms with Gasteiger partial charge in [-0.3, -0.25) is 4.79 Å². The first-order valence-corrected chi connectivity index (χ1v) is 11.5. The predicted octanol–water partition coefficient (Wildman–Crippen LogP) is 2.70. The molecule has 1 atom stereocenters. The molecule has 1 spiro atoms. The Labute approximate surface area is 170 Å². The quantitative estimate of drug-likeness (QED) is 0.832. The molecule has 1 saturated heterocycles. The Bertz CT molecular complexity index is 1090. The van der Waals surface area contributed by atoms with Crippen molar-refractivity contribution >= 4 is 21.7 Å². The van der Waals surface area contributed by atoms with E-state index in [2.05, 4.69) is 0 Å². The minimum atomic E-state index is -3.23. The number of hydrogen-bond acceptors (Lipinski definition) is 4. The number of hydrogen-bond donors (Lipinski definition) is 1.